The van der Waals surface area contributed by atoms with Gasteiger partial charge in [-0.3, -0.25) is 9.59 Å². The first kappa shape index (κ1) is 50.1. The Hall–Kier alpha value is -1.92. The summed E-state index contributed by atoms with van der Waals surface area (Å²) in [5.74, 6) is 0.278. The van der Waals surface area contributed by atoms with E-state index < -0.39 is 12.2 Å². The van der Waals surface area contributed by atoms with Crippen molar-refractivity contribution < 1.29 is 29.3 Å². The van der Waals surface area contributed by atoms with E-state index in [0.29, 0.717) is 12.8 Å². The molecular weight excluding hydrogens is 648 g/mol. The maximum atomic E-state index is 12.0. The van der Waals surface area contributed by atoms with E-state index in [1.165, 1.54) is 109 Å². The standard InChI is InChI=1S/C46H84O6/c1-4-6-7-8-21-26-31-36-43(47)37-32-27-24-29-34-39-46(50)52-41-44(48)40-51-45(49)38-33-28-23-20-18-16-14-12-10-9-11-13-15-17-19-22-25-30-35-42(3)5-2/h6-7,21,26,31,36,42-44,47-48H,4-5,8-20,22-25,27-30,32-35,37-41H2,1-3H3/b7-6+,26-21+,36-31+/t42?,43?,44-/m1/s1. The summed E-state index contributed by atoms with van der Waals surface area (Å²) in [6.45, 7) is 6.50. The van der Waals surface area contributed by atoms with Crippen molar-refractivity contribution in [1.82, 2.24) is 0 Å². The Kier molecular flexibility index (Phi) is 38.8. The molecule has 0 saturated heterocycles. The van der Waals surface area contributed by atoms with Crippen molar-refractivity contribution >= 4 is 11.9 Å². The minimum atomic E-state index is -0.995. The molecule has 0 fully saturated rings. The Bertz CT molecular complexity index is 865. The number of allylic oxidation sites excluding steroid dienone is 5. The third-order valence-corrected chi connectivity index (χ3v) is 10.0. The van der Waals surface area contributed by atoms with Crippen LogP contribution in [0.25, 0.3) is 0 Å². The molecule has 6 heteroatoms. The van der Waals surface area contributed by atoms with Crippen LogP contribution in [0.5, 0.6) is 0 Å². The number of carbonyl (C=O) groups excluding carboxylic acids is 2. The normalized spacial score (nSPS) is 13.7. The largest absolute Gasteiger partial charge is 0.463 e. The molecule has 0 aromatic carbocycles. The molecule has 0 spiro atoms. The van der Waals surface area contributed by atoms with Crippen LogP contribution in [0.3, 0.4) is 0 Å². The number of ether oxygens (including phenoxy) is 2. The molecule has 0 saturated carbocycles. The van der Waals surface area contributed by atoms with Crippen LogP contribution < -0.4 is 0 Å². The average molecular weight is 733 g/mol. The number of unbranched alkanes of at least 4 members (excludes halogenated alkanes) is 21. The zero-order valence-electron chi connectivity index (χ0n) is 34.4. The van der Waals surface area contributed by atoms with Gasteiger partial charge in [0.1, 0.15) is 19.3 Å². The van der Waals surface area contributed by atoms with Crippen molar-refractivity contribution in [2.24, 2.45) is 5.92 Å². The number of aliphatic hydroxyl groups is 2. The molecule has 0 bridgehead atoms. The van der Waals surface area contributed by atoms with Gasteiger partial charge in [-0.05, 0) is 38.0 Å². The lowest BCUT2D eigenvalue weighted by Crippen LogP contribution is -2.25. The minimum Gasteiger partial charge on any atom is -0.463 e. The van der Waals surface area contributed by atoms with E-state index >= 15 is 0 Å². The monoisotopic (exact) mass is 733 g/mol. The summed E-state index contributed by atoms with van der Waals surface area (Å²) in [6.07, 6.45) is 45.1. The molecule has 0 rings (SSSR count). The Balaban J connectivity index is 3.45. The number of rotatable bonds is 39. The van der Waals surface area contributed by atoms with Gasteiger partial charge in [0.25, 0.3) is 0 Å². The Morgan fingerprint density at radius 3 is 1.35 bits per heavy atom. The fraction of sp³-hybridized carbons (Fsp3) is 0.826. The van der Waals surface area contributed by atoms with Gasteiger partial charge in [0.05, 0.1) is 6.10 Å². The van der Waals surface area contributed by atoms with Crippen LogP contribution in [-0.2, 0) is 19.1 Å². The quantitative estimate of drug-likeness (QED) is 0.0283. The summed E-state index contributed by atoms with van der Waals surface area (Å²) in [4.78, 5) is 24.0. The van der Waals surface area contributed by atoms with Gasteiger partial charge in [-0.25, -0.2) is 0 Å². The van der Waals surface area contributed by atoms with Gasteiger partial charge in [0.15, 0.2) is 0 Å². The van der Waals surface area contributed by atoms with Crippen molar-refractivity contribution in [3.8, 4) is 0 Å². The lowest BCUT2D eigenvalue weighted by atomic mass is 9.99. The summed E-state index contributed by atoms with van der Waals surface area (Å²) >= 11 is 0. The molecule has 0 aromatic heterocycles. The average Bonchev–Trinajstić information content (AvgIpc) is 3.14. The van der Waals surface area contributed by atoms with Crippen molar-refractivity contribution in [3.05, 3.63) is 36.5 Å². The van der Waals surface area contributed by atoms with Gasteiger partial charge in [-0.15, -0.1) is 0 Å². The highest BCUT2D eigenvalue weighted by Crippen LogP contribution is 2.17. The van der Waals surface area contributed by atoms with E-state index in [9.17, 15) is 19.8 Å². The van der Waals surface area contributed by atoms with E-state index in [2.05, 4.69) is 39.0 Å². The topological polar surface area (TPSA) is 93.1 Å². The number of aliphatic hydroxyl groups excluding tert-OH is 2. The van der Waals surface area contributed by atoms with Crippen LogP contribution in [0.15, 0.2) is 36.5 Å². The molecule has 0 aromatic rings. The van der Waals surface area contributed by atoms with Crippen LogP contribution in [0.1, 0.15) is 213 Å². The molecule has 3 atom stereocenters. The number of esters is 2. The summed E-state index contributed by atoms with van der Waals surface area (Å²) in [5, 5.41) is 20.1. The van der Waals surface area contributed by atoms with E-state index in [1.54, 1.807) is 0 Å². The Morgan fingerprint density at radius 2 is 0.923 bits per heavy atom. The zero-order chi connectivity index (χ0) is 38.2. The predicted molar refractivity (Wildman–Crippen MR) is 220 cm³/mol. The first-order valence-electron chi connectivity index (χ1n) is 22.0. The molecule has 6 nitrogen and oxygen atoms in total. The van der Waals surface area contributed by atoms with Crippen LogP contribution in [0, 0.1) is 5.92 Å². The first-order valence-corrected chi connectivity index (χ1v) is 22.0. The predicted octanol–water partition coefficient (Wildman–Crippen LogP) is 12.8. The first-order chi connectivity index (χ1) is 25.4. The molecule has 0 aliphatic heterocycles. The van der Waals surface area contributed by atoms with Gasteiger partial charge in [0, 0.05) is 12.8 Å². The smallest absolute Gasteiger partial charge is 0.305 e. The van der Waals surface area contributed by atoms with E-state index in [0.717, 1.165) is 76.5 Å². The lowest BCUT2D eigenvalue weighted by Gasteiger charge is -2.12. The van der Waals surface area contributed by atoms with E-state index in [4.69, 9.17) is 9.47 Å². The maximum Gasteiger partial charge on any atom is 0.305 e. The summed E-state index contributed by atoms with van der Waals surface area (Å²) in [5.41, 5.74) is 0. The summed E-state index contributed by atoms with van der Waals surface area (Å²) in [7, 11) is 0. The van der Waals surface area contributed by atoms with Crippen LogP contribution >= 0.6 is 0 Å². The van der Waals surface area contributed by atoms with Gasteiger partial charge >= 0.3 is 11.9 Å². The molecule has 304 valence electrons. The number of hydrogen-bond donors (Lipinski definition) is 2. The van der Waals surface area contributed by atoms with Gasteiger partial charge < -0.3 is 19.7 Å². The Morgan fingerprint density at radius 1 is 0.519 bits per heavy atom. The Labute approximate surface area is 321 Å². The lowest BCUT2D eigenvalue weighted by molar-refractivity contribution is -0.152. The molecule has 52 heavy (non-hydrogen) atoms. The third kappa shape index (κ3) is 39.3. The fourth-order valence-electron chi connectivity index (χ4n) is 6.31. The highest BCUT2D eigenvalue weighted by atomic mass is 16.6. The van der Waals surface area contributed by atoms with Crippen molar-refractivity contribution in [3.63, 3.8) is 0 Å². The SMILES string of the molecule is CC/C=C/C/C=C/C=C/C(O)CCCCCCCC(=O)OC[C@H](O)COC(=O)CCCCCCCCCCCCCCCCCCCCC(C)CC. The molecule has 0 aliphatic rings. The minimum absolute atomic E-state index is 0.140. The second-order valence-electron chi connectivity index (χ2n) is 15.2. The van der Waals surface area contributed by atoms with E-state index in [-0.39, 0.29) is 25.2 Å². The second-order valence-corrected chi connectivity index (χ2v) is 15.2. The highest BCUT2D eigenvalue weighted by molar-refractivity contribution is 5.69. The van der Waals surface area contributed by atoms with Crippen molar-refractivity contribution in [2.75, 3.05) is 13.2 Å². The maximum absolute atomic E-state index is 12.0. The van der Waals surface area contributed by atoms with Crippen molar-refractivity contribution in [1.29, 1.82) is 0 Å². The molecule has 2 N–H and O–H groups in total. The molecular formula is C46H84O6. The molecule has 0 heterocycles. The van der Waals surface area contributed by atoms with Crippen molar-refractivity contribution in [2.45, 2.75) is 226 Å². The van der Waals surface area contributed by atoms with E-state index in [1.807, 2.05) is 18.2 Å². The molecule has 0 aliphatic carbocycles. The summed E-state index contributed by atoms with van der Waals surface area (Å²) in [6, 6.07) is 0. The summed E-state index contributed by atoms with van der Waals surface area (Å²) < 4.78 is 10.3. The third-order valence-electron chi connectivity index (χ3n) is 10.0. The molecule has 2 unspecified atom stereocenters. The van der Waals surface area contributed by atoms with Crippen LogP contribution in [0.2, 0.25) is 0 Å². The number of carbonyl (C=O) groups is 2. The second kappa shape index (κ2) is 40.3. The highest BCUT2D eigenvalue weighted by Gasteiger charge is 2.12. The molecule has 0 radical (unpaired) electrons. The van der Waals surface area contributed by atoms with Crippen LogP contribution in [-0.4, -0.2) is 47.6 Å². The zero-order valence-corrected chi connectivity index (χ0v) is 34.4. The van der Waals surface area contributed by atoms with Gasteiger partial charge in [0.2, 0.25) is 0 Å². The fourth-order valence-corrected chi connectivity index (χ4v) is 6.31. The van der Waals surface area contributed by atoms with Crippen LogP contribution in [0.4, 0.5) is 0 Å². The number of hydrogen-bond acceptors (Lipinski definition) is 6. The van der Waals surface area contributed by atoms with Gasteiger partial charge in [-0.2, -0.15) is 0 Å². The van der Waals surface area contributed by atoms with Gasteiger partial charge in [-0.1, -0.05) is 205 Å². The molecule has 0 amide bonds.